The molecular weight excluding hydrogens is 564 g/mol. The number of rotatable bonds is 12. The third-order valence-electron chi connectivity index (χ3n) is 11.8. The lowest BCUT2D eigenvalue weighted by molar-refractivity contribution is -0.227. The van der Waals surface area contributed by atoms with Crippen LogP contribution in [0.4, 0.5) is 0 Å². The number of hydrogen-bond donors (Lipinski definition) is 1. The van der Waals surface area contributed by atoms with E-state index in [1.807, 2.05) is 20.8 Å². The smallest absolute Gasteiger partial charge is 0.347 e. The van der Waals surface area contributed by atoms with E-state index in [1.165, 1.54) is 0 Å². The monoisotopic (exact) mass is 618 g/mol. The summed E-state index contributed by atoms with van der Waals surface area (Å²) in [5.41, 5.74) is -5.41. The molecule has 0 aromatic rings. The van der Waals surface area contributed by atoms with E-state index in [4.69, 9.17) is 18.9 Å². The molecule has 6 aliphatic rings. The minimum Gasteiger partial charge on any atom is -0.463 e. The van der Waals surface area contributed by atoms with Gasteiger partial charge in [0.05, 0.1) is 28.5 Å². The molecule has 1 saturated heterocycles. The van der Waals surface area contributed by atoms with Gasteiger partial charge in [0.1, 0.15) is 11.2 Å². The normalized spacial score (nSPS) is 35.0. The molecule has 6 rings (SSSR count). The number of aliphatic hydroxyl groups is 1. The summed E-state index contributed by atoms with van der Waals surface area (Å²) in [7, 11) is 0. The molecule has 0 aromatic carbocycles. The van der Waals surface area contributed by atoms with Crippen molar-refractivity contribution in [2.45, 2.75) is 161 Å². The maximum atomic E-state index is 14.2. The summed E-state index contributed by atoms with van der Waals surface area (Å²) < 4.78 is 23.4. The molecule has 1 N–H and O–H groups in total. The van der Waals surface area contributed by atoms with Gasteiger partial charge in [0.2, 0.25) is 6.10 Å². The van der Waals surface area contributed by atoms with Gasteiger partial charge in [0.25, 0.3) is 0 Å². The van der Waals surface area contributed by atoms with Crippen LogP contribution in [0.1, 0.15) is 138 Å². The van der Waals surface area contributed by atoms with Crippen molar-refractivity contribution >= 4 is 23.9 Å². The molecule has 6 fully saturated rings. The largest absolute Gasteiger partial charge is 0.463 e. The molecule has 0 radical (unpaired) electrons. The molecule has 248 valence electrons. The highest BCUT2D eigenvalue weighted by Gasteiger charge is 2.60. The van der Waals surface area contributed by atoms with Crippen LogP contribution < -0.4 is 0 Å². The van der Waals surface area contributed by atoms with E-state index < -0.39 is 51.1 Å². The first kappa shape index (κ1) is 33.2. The first-order chi connectivity index (χ1) is 20.5. The molecule has 1 aliphatic heterocycles. The SMILES string of the molecule is CCC1(OC(=O)C(C)(C)CC(C)(CC(C)(CC)C(=O)OC23CC4CC(CC(O)(C4)C2)C3)C(=O)OC2CCOC2=O)CCCC1. The Kier molecular flexibility index (Phi) is 8.74. The van der Waals surface area contributed by atoms with Gasteiger partial charge >= 0.3 is 23.9 Å². The number of esters is 4. The summed E-state index contributed by atoms with van der Waals surface area (Å²) in [6, 6.07) is 0. The Morgan fingerprint density at radius 1 is 0.886 bits per heavy atom. The first-order valence-corrected chi connectivity index (χ1v) is 17.0. The highest BCUT2D eigenvalue weighted by molar-refractivity contribution is 5.85. The van der Waals surface area contributed by atoms with Gasteiger partial charge in [-0.15, -0.1) is 0 Å². The Labute approximate surface area is 262 Å². The Morgan fingerprint density at radius 3 is 2.05 bits per heavy atom. The summed E-state index contributed by atoms with van der Waals surface area (Å²) >= 11 is 0. The third kappa shape index (κ3) is 6.41. The molecule has 0 amide bonds. The van der Waals surface area contributed by atoms with Gasteiger partial charge in [0, 0.05) is 12.8 Å². The maximum Gasteiger partial charge on any atom is 0.347 e. The van der Waals surface area contributed by atoms with Crippen LogP contribution in [-0.2, 0) is 38.1 Å². The predicted octanol–water partition coefficient (Wildman–Crippen LogP) is 5.97. The maximum absolute atomic E-state index is 14.2. The van der Waals surface area contributed by atoms with E-state index in [0.29, 0.717) is 24.7 Å². The van der Waals surface area contributed by atoms with Crippen molar-refractivity contribution in [3.05, 3.63) is 0 Å². The molecule has 9 nitrogen and oxygen atoms in total. The van der Waals surface area contributed by atoms with Gasteiger partial charge in [-0.25, -0.2) is 4.79 Å². The standard InChI is InChI=1S/C35H54O9/c1-7-31(5,29(39)44-35-18-23-15-24(19-35)17-33(40,16-23)22-35)21-32(6,28(38)42-25-11-14-41-26(25)36)20-30(3,4)27(37)43-34(8-2)12-9-10-13-34/h23-25,40H,7-22H2,1-6H3. The predicted molar refractivity (Wildman–Crippen MR) is 161 cm³/mol. The zero-order valence-corrected chi connectivity index (χ0v) is 27.8. The first-order valence-electron chi connectivity index (χ1n) is 17.0. The van der Waals surface area contributed by atoms with Crippen LogP contribution in [0, 0.1) is 28.1 Å². The zero-order valence-electron chi connectivity index (χ0n) is 27.8. The van der Waals surface area contributed by atoms with E-state index in [2.05, 4.69) is 0 Å². The Balaban J connectivity index is 1.38. The van der Waals surface area contributed by atoms with Crippen LogP contribution in [0.15, 0.2) is 0 Å². The van der Waals surface area contributed by atoms with Crippen molar-refractivity contribution in [1.82, 2.24) is 0 Å². The summed E-state index contributed by atoms with van der Waals surface area (Å²) in [6.07, 6.45) is 8.81. The van der Waals surface area contributed by atoms with E-state index >= 15 is 0 Å². The molecule has 4 bridgehead atoms. The van der Waals surface area contributed by atoms with E-state index in [0.717, 1.165) is 64.2 Å². The molecule has 5 atom stereocenters. The molecule has 5 saturated carbocycles. The fraction of sp³-hybridized carbons (Fsp3) is 0.886. The lowest BCUT2D eigenvalue weighted by atomic mass is 9.52. The van der Waals surface area contributed by atoms with Crippen molar-refractivity contribution in [2.24, 2.45) is 28.1 Å². The Hall–Kier alpha value is -2.16. The summed E-state index contributed by atoms with van der Waals surface area (Å²) in [5.74, 6) is -1.27. The van der Waals surface area contributed by atoms with Crippen LogP contribution in [-0.4, -0.2) is 58.5 Å². The number of carbonyl (C=O) groups is 4. The van der Waals surface area contributed by atoms with Gasteiger partial charge in [-0.3, -0.25) is 14.4 Å². The number of carbonyl (C=O) groups excluding carboxylic acids is 4. The molecule has 0 spiro atoms. The van der Waals surface area contributed by atoms with Crippen molar-refractivity contribution < 1.29 is 43.2 Å². The number of ether oxygens (including phenoxy) is 4. The quantitative estimate of drug-likeness (QED) is 0.208. The lowest BCUT2D eigenvalue weighted by Crippen LogP contribution is -2.61. The second kappa shape index (κ2) is 11.6. The van der Waals surface area contributed by atoms with Gasteiger partial charge in [-0.2, -0.15) is 0 Å². The average molecular weight is 619 g/mol. The molecular formula is C35H54O9. The molecule has 0 aromatic heterocycles. The van der Waals surface area contributed by atoms with E-state index in [1.54, 1.807) is 20.8 Å². The minimum absolute atomic E-state index is 0.0666. The van der Waals surface area contributed by atoms with Gasteiger partial charge < -0.3 is 24.1 Å². The molecule has 44 heavy (non-hydrogen) atoms. The van der Waals surface area contributed by atoms with Crippen LogP contribution in [0.25, 0.3) is 0 Å². The van der Waals surface area contributed by atoms with Gasteiger partial charge in [-0.05, 0) is 123 Å². The average Bonchev–Trinajstić information content (AvgIpc) is 3.55. The third-order valence-corrected chi connectivity index (χ3v) is 11.8. The molecule has 1 heterocycles. The van der Waals surface area contributed by atoms with Crippen LogP contribution >= 0.6 is 0 Å². The highest BCUT2D eigenvalue weighted by Crippen LogP contribution is 2.59. The van der Waals surface area contributed by atoms with Crippen LogP contribution in [0.2, 0.25) is 0 Å². The minimum atomic E-state index is -1.32. The fourth-order valence-electron chi connectivity index (χ4n) is 9.77. The lowest BCUT2D eigenvalue weighted by Gasteiger charge is -2.59. The second-order valence-electron chi connectivity index (χ2n) is 16.5. The van der Waals surface area contributed by atoms with Gasteiger partial charge in [-0.1, -0.05) is 13.8 Å². The van der Waals surface area contributed by atoms with Crippen molar-refractivity contribution in [3.8, 4) is 0 Å². The molecule has 5 unspecified atom stereocenters. The highest BCUT2D eigenvalue weighted by atomic mass is 16.6. The second-order valence-corrected chi connectivity index (χ2v) is 16.5. The fourth-order valence-corrected chi connectivity index (χ4v) is 9.77. The topological polar surface area (TPSA) is 125 Å². The molecule has 9 heteroatoms. The molecule has 5 aliphatic carbocycles. The summed E-state index contributed by atoms with van der Waals surface area (Å²) in [6.45, 7) is 11.2. The van der Waals surface area contributed by atoms with Crippen molar-refractivity contribution in [1.29, 1.82) is 0 Å². The van der Waals surface area contributed by atoms with Crippen LogP contribution in [0.5, 0.6) is 0 Å². The number of hydrogen-bond acceptors (Lipinski definition) is 9. The van der Waals surface area contributed by atoms with Gasteiger partial charge in [0.15, 0.2) is 0 Å². The van der Waals surface area contributed by atoms with E-state index in [9.17, 15) is 24.3 Å². The van der Waals surface area contributed by atoms with E-state index in [-0.39, 0.29) is 37.8 Å². The van der Waals surface area contributed by atoms with Crippen molar-refractivity contribution in [3.63, 3.8) is 0 Å². The van der Waals surface area contributed by atoms with Crippen LogP contribution in [0.3, 0.4) is 0 Å². The summed E-state index contributed by atoms with van der Waals surface area (Å²) in [5, 5.41) is 11.2. The zero-order chi connectivity index (χ0) is 32.2. The summed E-state index contributed by atoms with van der Waals surface area (Å²) in [4.78, 5) is 54.2. The Morgan fingerprint density at radius 2 is 1.52 bits per heavy atom. The number of cyclic esters (lactones) is 1. The van der Waals surface area contributed by atoms with Crippen molar-refractivity contribution in [2.75, 3.05) is 6.61 Å². The Bertz CT molecular complexity index is 1140.